The molecule has 1 aromatic rings. The normalized spacial score (nSPS) is 13.5. The minimum atomic E-state index is -4.44. The van der Waals surface area contributed by atoms with Crippen molar-refractivity contribution in [2.24, 2.45) is 4.99 Å². The summed E-state index contributed by atoms with van der Waals surface area (Å²) in [6.45, 7) is 4.29. The predicted octanol–water partition coefficient (Wildman–Crippen LogP) is 3.25. The molecule has 0 bridgehead atoms. The van der Waals surface area contributed by atoms with E-state index in [-0.39, 0.29) is 24.2 Å². The third-order valence-corrected chi connectivity index (χ3v) is 3.15. The number of alkyl halides is 3. The van der Waals surface area contributed by atoms with E-state index in [4.69, 9.17) is 9.47 Å². The summed E-state index contributed by atoms with van der Waals surface area (Å²) in [6, 6.07) is 3.86. The molecule has 0 aliphatic carbocycles. The monoisotopic (exact) mass is 346 g/mol. The number of ether oxygens (including phenoxy) is 2. The van der Waals surface area contributed by atoms with Crippen molar-refractivity contribution in [2.45, 2.75) is 32.5 Å². The average Bonchev–Trinajstić information content (AvgIpc) is 2.54. The minimum Gasteiger partial charge on any atom is -0.463 e. The zero-order valence-electron chi connectivity index (χ0n) is 13.8. The number of rotatable bonds is 6. The van der Waals surface area contributed by atoms with E-state index >= 15 is 0 Å². The van der Waals surface area contributed by atoms with Crippen LogP contribution in [0.2, 0.25) is 0 Å². The summed E-state index contributed by atoms with van der Waals surface area (Å²) in [5.41, 5.74) is -0.737. The van der Waals surface area contributed by atoms with Crippen LogP contribution in [0.15, 0.2) is 29.3 Å². The van der Waals surface area contributed by atoms with Gasteiger partial charge in [-0.1, -0.05) is 6.92 Å². The number of carbonyl (C=O) groups is 1. The van der Waals surface area contributed by atoms with Gasteiger partial charge in [-0.25, -0.2) is 4.99 Å². The summed E-state index contributed by atoms with van der Waals surface area (Å²) < 4.78 is 47.8. The van der Waals surface area contributed by atoms with E-state index < -0.39 is 17.6 Å². The molecule has 0 heterocycles. The number of halogens is 3. The predicted molar refractivity (Wildman–Crippen MR) is 83.9 cm³/mol. The molecule has 0 aliphatic rings. The van der Waals surface area contributed by atoms with Gasteiger partial charge in [0.15, 0.2) is 0 Å². The van der Waals surface area contributed by atoms with Gasteiger partial charge in [0.25, 0.3) is 11.9 Å². The lowest BCUT2D eigenvalue weighted by Crippen LogP contribution is -2.34. The summed E-state index contributed by atoms with van der Waals surface area (Å²) >= 11 is 0. The SMILES string of the molecule is CC[C@H](C)N=C(NC(=O)c1ccc(C(F)(F)F)cc1)OCCOC. The standard InChI is InChI=1S/C16H21F3N2O3/c1-4-11(2)20-15(24-10-9-23-3)21-14(22)12-5-7-13(8-6-12)16(17,18)19/h5-8,11H,4,9-10H2,1-3H3,(H,20,21,22)/t11-/m0/s1. The van der Waals surface area contributed by atoms with Crippen LogP contribution in [0.1, 0.15) is 36.2 Å². The first kappa shape index (κ1) is 20.0. The Hall–Kier alpha value is -2.09. The van der Waals surface area contributed by atoms with Crippen molar-refractivity contribution in [1.82, 2.24) is 5.32 Å². The Morgan fingerprint density at radius 2 is 1.88 bits per heavy atom. The van der Waals surface area contributed by atoms with Gasteiger partial charge in [-0.15, -0.1) is 0 Å². The Morgan fingerprint density at radius 1 is 1.25 bits per heavy atom. The van der Waals surface area contributed by atoms with Gasteiger partial charge in [0.1, 0.15) is 6.61 Å². The van der Waals surface area contributed by atoms with Crippen molar-refractivity contribution in [3.05, 3.63) is 35.4 Å². The Bertz CT molecular complexity index is 557. The van der Waals surface area contributed by atoms with Crippen LogP contribution >= 0.6 is 0 Å². The van der Waals surface area contributed by atoms with E-state index in [0.717, 1.165) is 30.7 Å². The van der Waals surface area contributed by atoms with Gasteiger partial charge in [0, 0.05) is 12.7 Å². The molecule has 8 heteroatoms. The lowest BCUT2D eigenvalue weighted by atomic mass is 10.1. The topological polar surface area (TPSA) is 59.9 Å². The molecular formula is C16H21F3N2O3. The molecule has 1 atom stereocenters. The molecule has 1 N–H and O–H groups in total. The van der Waals surface area contributed by atoms with E-state index in [9.17, 15) is 18.0 Å². The van der Waals surface area contributed by atoms with Crippen molar-refractivity contribution in [3.63, 3.8) is 0 Å². The second-order valence-corrected chi connectivity index (χ2v) is 5.06. The number of nitrogens with zero attached hydrogens (tertiary/aromatic N) is 1. The molecule has 0 saturated carbocycles. The number of amidine groups is 1. The fraction of sp³-hybridized carbons (Fsp3) is 0.500. The Balaban J connectivity index is 2.81. The van der Waals surface area contributed by atoms with Gasteiger partial charge < -0.3 is 9.47 Å². The molecule has 0 unspecified atom stereocenters. The maximum absolute atomic E-state index is 12.5. The molecule has 0 fully saturated rings. The second kappa shape index (κ2) is 9.27. The Labute approximate surface area is 138 Å². The second-order valence-electron chi connectivity index (χ2n) is 5.06. The summed E-state index contributed by atoms with van der Waals surface area (Å²) in [7, 11) is 1.51. The van der Waals surface area contributed by atoms with Gasteiger partial charge in [0.05, 0.1) is 18.2 Å². The number of carbonyl (C=O) groups excluding carboxylic acids is 1. The van der Waals surface area contributed by atoms with E-state index in [0.29, 0.717) is 6.61 Å². The molecule has 1 rings (SSSR count). The maximum Gasteiger partial charge on any atom is 0.416 e. The molecule has 24 heavy (non-hydrogen) atoms. The summed E-state index contributed by atoms with van der Waals surface area (Å²) in [5, 5.41) is 2.47. The number of nitrogens with one attached hydrogen (secondary N) is 1. The smallest absolute Gasteiger partial charge is 0.416 e. The van der Waals surface area contributed by atoms with Crippen molar-refractivity contribution in [3.8, 4) is 0 Å². The van der Waals surface area contributed by atoms with Crippen LogP contribution in [0.4, 0.5) is 13.2 Å². The first-order valence-electron chi connectivity index (χ1n) is 7.46. The van der Waals surface area contributed by atoms with Crippen LogP contribution in [0.5, 0.6) is 0 Å². The summed E-state index contributed by atoms with van der Waals surface area (Å²) in [5.74, 6) is -0.594. The van der Waals surface area contributed by atoms with Crippen molar-refractivity contribution < 1.29 is 27.4 Å². The molecule has 0 aliphatic heterocycles. The molecule has 134 valence electrons. The first-order valence-corrected chi connectivity index (χ1v) is 7.46. The van der Waals surface area contributed by atoms with E-state index in [1.54, 1.807) is 0 Å². The van der Waals surface area contributed by atoms with Crippen molar-refractivity contribution in [1.29, 1.82) is 0 Å². The third kappa shape index (κ3) is 6.57. The van der Waals surface area contributed by atoms with Gasteiger partial charge in [-0.05, 0) is 37.6 Å². The van der Waals surface area contributed by atoms with Crippen LogP contribution in [0, 0.1) is 0 Å². The Kier molecular flexibility index (Phi) is 7.70. The molecule has 5 nitrogen and oxygen atoms in total. The highest BCUT2D eigenvalue weighted by Crippen LogP contribution is 2.29. The highest BCUT2D eigenvalue weighted by Gasteiger charge is 2.30. The number of amides is 1. The van der Waals surface area contributed by atoms with Gasteiger partial charge >= 0.3 is 6.18 Å². The zero-order chi connectivity index (χ0) is 18.2. The van der Waals surface area contributed by atoms with E-state index in [2.05, 4.69) is 10.3 Å². The molecule has 0 spiro atoms. The van der Waals surface area contributed by atoms with Crippen LogP contribution in [-0.4, -0.2) is 38.3 Å². The van der Waals surface area contributed by atoms with E-state index in [1.165, 1.54) is 7.11 Å². The van der Waals surface area contributed by atoms with Crippen LogP contribution in [0.25, 0.3) is 0 Å². The number of hydrogen-bond donors (Lipinski definition) is 1. The van der Waals surface area contributed by atoms with Crippen LogP contribution < -0.4 is 5.32 Å². The molecule has 0 radical (unpaired) electrons. The molecule has 0 saturated heterocycles. The number of methoxy groups -OCH3 is 1. The van der Waals surface area contributed by atoms with Gasteiger partial charge in [-0.3, -0.25) is 10.1 Å². The maximum atomic E-state index is 12.5. The van der Waals surface area contributed by atoms with Gasteiger partial charge in [0.2, 0.25) is 0 Å². The van der Waals surface area contributed by atoms with Crippen LogP contribution in [-0.2, 0) is 15.7 Å². The quantitative estimate of drug-likeness (QED) is 0.489. The van der Waals surface area contributed by atoms with Crippen molar-refractivity contribution >= 4 is 11.9 Å². The fourth-order valence-electron chi connectivity index (χ4n) is 1.60. The van der Waals surface area contributed by atoms with Crippen molar-refractivity contribution in [2.75, 3.05) is 20.3 Å². The van der Waals surface area contributed by atoms with E-state index in [1.807, 2.05) is 13.8 Å². The lowest BCUT2D eigenvalue weighted by Gasteiger charge is -2.13. The molecule has 1 amide bonds. The minimum absolute atomic E-state index is 0.0197. The highest BCUT2D eigenvalue weighted by molar-refractivity contribution is 6.04. The summed E-state index contributed by atoms with van der Waals surface area (Å²) in [4.78, 5) is 16.4. The number of hydrogen-bond acceptors (Lipinski definition) is 4. The van der Waals surface area contributed by atoms with Gasteiger partial charge in [-0.2, -0.15) is 13.2 Å². The number of benzene rings is 1. The largest absolute Gasteiger partial charge is 0.463 e. The first-order chi connectivity index (χ1) is 11.3. The average molecular weight is 346 g/mol. The molecular weight excluding hydrogens is 325 g/mol. The van der Waals surface area contributed by atoms with Crippen LogP contribution in [0.3, 0.4) is 0 Å². The lowest BCUT2D eigenvalue weighted by molar-refractivity contribution is -0.137. The molecule has 0 aromatic heterocycles. The number of aliphatic imine (C=N–C) groups is 1. The molecule has 1 aromatic carbocycles. The third-order valence-electron chi connectivity index (χ3n) is 3.15. The zero-order valence-corrected chi connectivity index (χ0v) is 13.8. The fourth-order valence-corrected chi connectivity index (χ4v) is 1.60. The highest BCUT2D eigenvalue weighted by atomic mass is 19.4. The Morgan fingerprint density at radius 3 is 2.38 bits per heavy atom. The summed E-state index contributed by atoms with van der Waals surface area (Å²) in [6.07, 6.45) is -3.70.